The van der Waals surface area contributed by atoms with E-state index in [4.69, 9.17) is 14.3 Å². The number of anilines is 1. The number of benzene rings is 1. The first kappa shape index (κ1) is 16.1. The molecule has 1 aromatic rings. The Labute approximate surface area is 129 Å². The molecule has 1 aliphatic heterocycles. The van der Waals surface area contributed by atoms with Crippen molar-refractivity contribution in [3.8, 4) is 11.5 Å². The van der Waals surface area contributed by atoms with Crippen molar-refractivity contribution >= 4 is 17.3 Å². The van der Waals surface area contributed by atoms with Gasteiger partial charge in [-0.3, -0.25) is 15.1 Å². The number of carbonyl (C=O) groups excluding carboxylic acids is 1. The summed E-state index contributed by atoms with van der Waals surface area (Å²) in [6, 6.07) is 3.56. The molecule has 7 nitrogen and oxygen atoms in total. The number of nitrogens with zero attached hydrogens (tertiary/aromatic N) is 1. The van der Waals surface area contributed by atoms with E-state index in [0.717, 1.165) is 5.56 Å². The SMILES string of the molecule is C=C(c1cc2c(cc1NOC)OCO2)N(CCNC)C(C)=O. The summed E-state index contributed by atoms with van der Waals surface area (Å²) in [6.07, 6.45) is 0. The lowest BCUT2D eigenvalue weighted by Crippen LogP contribution is -2.33. The molecule has 0 spiro atoms. The molecule has 1 amide bonds. The van der Waals surface area contributed by atoms with Crippen LogP contribution in [0.2, 0.25) is 0 Å². The highest BCUT2D eigenvalue weighted by atomic mass is 16.7. The number of carbonyl (C=O) groups is 1. The van der Waals surface area contributed by atoms with Crippen LogP contribution in [0.4, 0.5) is 5.69 Å². The molecule has 7 heteroatoms. The van der Waals surface area contributed by atoms with Crippen LogP contribution in [0, 0.1) is 0 Å². The summed E-state index contributed by atoms with van der Waals surface area (Å²) in [5.74, 6) is 1.16. The fraction of sp³-hybridized carbons (Fsp3) is 0.400. The summed E-state index contributed by atoms with van der Waals surface area (Å²) >= 11 is 0. The summed E-state index contributed by atoms with van der Waals surface area (Å²) in [7, 11) is 3.35. The lowest BCUT2D eigenvalue weighted by molar-refractivity contribution is -0.125. The molecule has 1 aromatic carbocycles. The Morgan fingerprint density at radius 1 is 1.41 bits per heavy atom. The second-order valence-electron chi connectivity index (χ2n) is 4.78. The van der Waals surface area contributed by atoms with E-state index in [1.807, 2.05) is 7.05 Å². The molecule has 0 radical (unpaired) electrons. The van der Waals surface area contributed by atoms with Gasteiger partial charge in [-0.25, -0.2) is 0 Å². The van der Waals surface area contributed by atoms with Gasteiger partial charge in [0.25, 0.3) is 0 Å². The van der Waals surface area contributed by atoms with Crippen LogP contribution in [0.15, 0.2) is 18.7 Å². The standard InChI is InChI=1S/C15H21N3O4/c1-10(18(11(2)19)6-5-16-3)12-7-14-15(22-9-21-14)8-13(12)17-20-4/h7-8,16-17H,1,5-6,9H2,2-4H3. The maximum absolute atomic E-state index is 11.9. The minimum absolute atomic E-state index is 0.0821. The van der Waals surface area contributed by atoms with E-state index in [2.05, 4.69) is 17.4 Å². The third kappa shape index (κ3) is 3.32. The monoisotopic (exact) mass is 307 g/mol. The zero-order valence-corrected chi connectivity index (χ0v) is 13.1. The molecule has 0 saturated heterocycles. The second-order valence-corrected chi connectivity index (χ2v) is 4.78. The zero-order valence-electron chi connectivity index (χ0n) is 13.1. The third-order valence-corrected chi connectivity index (χ3v) is 3.33. The summed E-state index contributed by atoms with van der Waals surface area (Å²) in [5, 5.41) is 3.02. The van der Waals surface area contributed by atoms with Crippen LogP contribution in [0.1, 0.15) is 12.5 Å². The summed E-state index contributed by atoms with van der Waals surface area (Å²) in [4.78, 5) is 18.5. The van der Waals surface area contributed by atoms with Crippen molar-refractivity contribution in [2.45, 2.75) is 6.92 Å². The van der Waals surface area contributed by atoms with E-state index in [1.165, 1.54) is 14.0 Å². The summed E-state index contributed by atoms with van der Waals surface area (Å²) < 4.78 is 10.8. The summed E-state index contributed by atoms with van der Waals surface area (Å²) in [5.41, 5.74) is 4.74. The third-order valence-electron chi connectivity index (χ3n) is 3.33. The molecule has 0 aliphatic carbocycles. The highest BCUT2D eigenvalue weighted by Crippen LogP contribution is 2.39. The van der Waals surface area contributed by atoms with Gasteiger partial charge in [-0.15, -0.1) is 0 Å². The van der Waals surface area contributed by atoms with Crippen LogP contribution in [-0.4, -0.2) is 44.8 Å². The molecule has 2 N–H and O–H groups in total. The van der Waals surface area contributed by atoms with E-state index >= 15 is 0 Å². The van der Waals surface area contributed by atoms with E-state index in [1.54, 1.807) is 17.0 Å². The number of amides is 1. The number of hydrogen-bond acceptors (Lipinski definition) is 6. The largest absolute Gasteiger partial charge is 0.454 e. The van der Waals surface area contributed by atoms with Crippen molar-refractivity contribution in [2.75, 3.05) is 39.5 Å². The normalized spacial score (nSPS) is 12.1. The number of fused-ring (bicyclic) bond motifs is 1. The van der Waals surface area contributed by atoms with Gasteiger partial charge in [-0.05, 0) is 13.1 Å². The minimum Gasteiger partial charge on any atom is -0.454 e. The predicted octanol–water partition coefficient (Wildman–Crippen LogP) is 1.43. The van der Waals surface area contributed by atoms with Gasteiger partial charge in [0.2, 0.25) is 12.7 Å². The Balaban J connectivity index is 2.36. The van der Waals surface area contributed by atoms with E-state index < -0.39 is 0 Å². The molecular formula is C15H21N3O4. The maximum Gasteiger partial charge on any atom is 0.231 e. The van der Waals surface area contributed by atoms with Gasteiger partial charge in [0.05, 0.1) is 12.8 Å². The van der Waals surface area contributed by atoms with E-state index in [-0.39, 0.29) is 12.7 Å². The first-order valence-corrected chi connectivity index (χ1v) is 6.93. The van der Waals surface area contributed by atoms with Crippen molar-refractivity contribution < 1.29 is 19.1 Å². The fourth-order valence-corrected chi connectivity index (χ4v) is 2.23. The molecule has 1 aliphatic rings. The molecule has 0 saturated carbocycles. The highest BCUT2D eigenvalue weighted by molar-refractivity contribution is 5.88. The number of rotatable bonds is 7. The van der Waals surface area contributed by atoms with Crippen LogP contribution < -0.4 is 20.3 Å². The Morgan fingerprint density at radius 2 is 2.09 bits per heavy atom. The van der Waals surface area contributed by atoms with Crippen molar-refractivity contribution in [1.29, 1.82) is 0 Å². The lowest BCUT2D eigenvalue weighted by Gasteiger charge is -2.25. The van der Waals surface area contributed by atoms with Crippen LogP contribution in [0.5, 0.6) is 11.5 Å². The molecule has 0 fully saturated rings. The van der Waals surface area contributed by atoms with Crippen LogP contribution in [0.25, 0.3) is 5.70 Å². The van der Waals surface area contributed by atoms with E-state index in [9.17, 15) is 4.79 Å². The van der Waals surface area contributed by atoms with Crippen LogP contribution >= 0.6 is 0 Å². The highest BCUT2D eigenvalue weighted by Gasteiger charge is 2.22. The van der Waals surface area contributed by atoms with Crippen molar-refractivity contribution in [3.05, 3.63) is 24.3 Å². The average molecular weight is 307 g/mol. The van der Waals surface area contributed by atoms with Crippen LogP contribution in [-0.2, 0) is 9.63 Å². The first-order valence-electron chi connectivity index (χ1n) is 6.93. The van der Waals surface area contributed by atoms with Crippen molar-refractivity contribution in [1.82, 2.24) is 10.2 Å². The molecule has 120 valence electrons. The molecular weight excluding hydrogens is 286 g/mol. The van der Waals surface area contributed by atoms with Gasteiger partial charge >= 0.3 is 0 Å². The molecule has 0 atom stereocenters. The van der Waals surface area contributed by atoms with Gasteiger partial charge in [-0.1, -0.05) is 6.58 Å². The van der Waals surface area contributed by atoms with Gasteiger partial charge in [0, 0.05) is 37.3 Å². The average Bonchev–Trinajstić information content (AvgIpc) is 2.93. The first-order chi connectivity index (χ1) is 10.6. The summed E-state index contributed by atoms with van der Waals surface area (Å²) in [6.45, 7) is 6.92. The molecule has 2 rings (SSSR count). The Bertz CT molecular complexity index is 574. The smallest absolute Gasteiger partial charge is 0.231 e. The van der Waals surface area contributed by atoms with Gasteiger partial charge in [0.15, 0.2) is 11.5 Å². The van der Waals surface area contributed by atoms with E-state index in [0.29, 0.717) is 36.0 Å². The Hall–Kier alpha value is -2.25. The van der Waals surface area contributed by atoms with Crippen LogP contribution in [0.3, 0.4) is 0 Å². The van der Waals surface area contributed by atoms with Gasteiger partial charge in [0.1, 0.15) is 0 Å². The maximum atomic E-state index is 11.9. The fourth-order valence-electron chi connectivity index (χ4n) is 2.23. The number of hydrogen-bond donors (Lipinski definition) is 2. The van der Waals surface area contributed by atoms with Gasteiger partial charge in [-0.2, -0.15) is 0 Å². The molecule has 0 aromatic heterocycles. The topological polar surface area (TPSA) is 72.1 Å². The van der Waals surface area contributed by atoms with Crippen molar-refractivity contribution in [3.63, 3.8) is 0 Å². The predicted molar refractivity (Wildman–Crippen MR) is 83.5 cm³/mol. The Morgan fingerprint density at radius 3 is 2.68 bits per heavy atom. The Kier molecular flexibility index (Phi) is 5.24. The molecule has 22 heavy (non-hydrogen) atoms. The number of likely N-dealkylation sites (N-methyl/N-ethyl adjacent to an activating group) is 1. The number of ether oxygens (including phenoxy) is 2. The lowest BCUT2D eigenvalue weighted by atomic mass is 10.1. The minimum atomic E-state index is -0.0821. The molecule has 0 bridgehead atoms. The zero-order chi connectivity index (χ0) is 16.1. The quantitative estimate of drug-likeness (QED) is 0.743. The second kappa shape index (κ2) is 7.15. The van der Waals surface area contributed by atoms with Gasteiger partial charge < -0.3 is 19.7 Å². The number of nitrogens with one attached hydrogen (secondary N) is 2. The molecule has 0 unspecified atom stereocenters. The molecule has 1 heterocycles. The van der Waals surface area contributed by atoms with Crippen molar-refractivity contribution in [2.24, 2.45) is 0 Å².